The van der Waals surface area contributed by atoms with E-state index in [1.165, 1.54) is 36.4 Å². The zero-order chi connectivity index (χ0) is 34.3. The average molecular weight is 656 g/mol. The molecule has 2 aromatic carbocycles. The van der Waals surface area contributed by atoms with Crippen LogP contribution in [0.15, 0.2) is 48.2 Å². The summed E-state index contributed by atoms with van der Waals surface area (Å²) < 4.78 is 71.9. The molecule has 3 aromatic rings. The lowest BCUT2D eigenvalue weighted by Crippen LogP contribution is -2.35. The molecule has 2 aliphatic rings. The molecule has 0 bridgehead atoms. The third-order valence-electron chi connectivity index (χ3n) is 8.66. The van der Waals surface area contributed by atoms with Crippen LogP contribution in [0.2, 0.25) is 0 Å². The molecule has 0 N–H and O–H groups in total. The van der Waals surface area contributed by atoms with Gasteiger partial charge >= 0.3 is 18.2 Å². The third kappa shape index (κ3) is 7.11. The van der Waals surface area contributed by atoms with Gasteiger partial charge in [0.05, 0.1) is 37.1 Å². The Morgan fingerprint density at radius 3 is 2.57 bits per heavy atom. The number of allylic oxidation sites excluding steroid dienone is 1. The van der Waals surface area contributed by atoms with Crippen molar-refractivity contribution in [3.05, 3.63) is 81.9 Å². The van der Waals surface area contributed by atoms with Crippen LogP contribution in [0.3, 0.4) is 0 Å². The first-order valence-electron chi connectivity index (χ1n) is 15.4. The Bertz CT molecular complexity index is 1740. The average Bonchev–Trinajstić information content (AvgIpc) is 3.28. The van der Waals surface area contributed by atoms with E-state index in [0.717, 1.165) is 29.7 Å². The lowest BCUT2D eigenvalue weighted by atomic mass is 9.73. The minimum Gasteiger partial charge on any atom is -0.493 e. The summed E-state index contributed by atoms with van der Waals surface area (Å²) in [6.45, 7) is 9.50. The van der Waals surface area contributed by atoms with E-state index in [1.54, 1.807) is 26.8 Å². The van der Waals surface area contributed by atoms with E-state index >= 15 is 0 Å². The largest absolute Gasteiger partial charge is 0.493 e. The van der Waals surface area contributed by atoms with Crippen LogP contribution in [0.1, 0.15) is 85.8 Å². The number of carbonyl (C=O) groups is 2. The Hall–Kier alpha value is -4.48. The van der Waals surface area contributed by atoms with Crippen LogP contribution in [0.25, 0.3) is 17.0 Å². The van der Waals surface area contributed by atoms with E-state index < -0.39 is 41.8 Å². The van der Waals surface area contributed by atoms with Crippen LogP contribution in [0, 0.1) is 18.2 Å². The maximum Gasteiger partial charge on any atom is 0.416 e. The highest BCUT2D eigenvalue weighted by Gasteiger charge is 2.42. The number of benzene rings is 2. The molecule has 0 radical (unpaired) electrons. The highest BCUT2D eigenvalue weighted by atomic mass is 19.4. The molecular formula is C35H37F4N3O5. The number of hydrogen-bond acceptors (Lipinski definition) is 7. The topological polar surface area (TPSA) is 90.9 Å². The van der Waals surface area contributed by atoms with Gasteiger partial charge in [0.15, 0.2) is 11.6 Å². The minimum atomic E-state index is -4.54. The highest BCUT2D eigenvalue weighted by Crippen LogP contribution is 2.46. The van der Waals surface area contributed by atoms with Crippen LogP contribution < -0.4 is 4.74 Å². The predicted octanol–water partition coefficient (Wildman–Crippen LogP) is 8.34. The number of aryl methyl sites for hydroxylation is 1. The van der Waals surface area contributed by atoms with Crippen LogP contribution in [0.4, 0.5) is 22.4 Å². The van der Waals surface area contributed by atoms with Gasteiger partial charge in [-0.25, -0.2) is 23.9 Å². The van der Waals surface area contributed by atoms with E-state index in [9.17, 15) is 27.2 Å². The lowest BCUT2D eigenvalue weighted by Gasteiger charge is -2.35. The van der Waals surface area contributed by atoms with Gasteiger partial charge in [-0.1, -0.05) is 31.5 Å². The molecule has 250 valence electrons. The molecule has 2 heterocycles. The van der Waals surface area contributed by atoms with Crippen molar-refractivity contribution in [2.45, 2.75) is 72.2 Å². The molecule has 0 spiro atoms. The zero-order valence-corrected chi connectivity index (χ0v) is 27.1. The number of esters is 1. The number of alkyl halides is 3. The molecule has 1 amide bonds. The summed E-state index contributed by atoms with van der Waals surface area (Å²) in [5.41, 5.74) is 2.16. The van der Waals surface area contributed by atoms with Crippen molar-refractivity contribution in [2.24, 2.45) is 5.41 Å². The van der Waals surface area contributed by atoms with E-state index in [1.807, 2.05) is 0 Å². The summed E-state index contributed by atoms with van der Waals surface area (Å²) in [5.74, 6) is -0.944. The van der Waals surface area contributed by atoms with Crippen molar-refractivity contribution in [1.82, 2.24) is 14.9 Å². The van der Waals surface area contributed by atoms with Crippen molar-refractivity contribution in [1.29, 1.82) is 0 Å². The van der Waals surface area contributed by atoms with Crippen LogP contribution in [0.5, 0.6) is 5.75 Å². The lowest BCUT2D eigenvalue weighted by molar-refractivity contribution is -0.137. The maximum atomic E-state index is 14.9. The second-order valence-electron chi connectivity index (χ2n) is 12.8. The molecule has 1 aliphatic heterocycles. The summed E-state index contributed by atoms with van der Waals surface area (Å²) in [6, 6.07) is 7.19. The minimum absolute atomic E-state index is 0.110. The number of amides is 1. The van der Waals surface area contributed by atoms with Crippen LogP contribution in [-0.2, 0) is 15.7 Å². The molecule has 5 rings (SSSR count). The van der Waals surface area contributed by atoms with Gasteiger partial charge in [0.2, 0.25) is 0 Å². The predicted molar refractivity (Wildman–Crippen MR) is 166 cm³/mol. The van der Waals surface area contributed by atoms with E-state index in [2.05, 4.69) is 18.8 Å². The van der Waals surface area contributed by atoms with Gasteiger partial charge in [-0.2, -0.15) is 13.2 Å². The molecule has 0 unspecified atom stereocenters. The van der Waals surface area contributed by atoms with E-state index in [0.29, 0.717) is 35.4 Å². The maximum absolute atomic E-state index is 14.9. The molecule has 12 heteroatoms. The molecule has 1 aliphatic carbocycles. The molecule has 47 heavy (non-hydrogen) atoms. The van der Waals surface area contributed by atoms with Gasteiger partial charge in [0.25, 0.3) is 0 Å². The molecular weight excluding hydrogens is 618 g/mol. The zero-order valence-electron chi connectivity index (χ0n) is 27.1. The standard InChI is InChI=1S/C35H37F4N3O5/c1-7-46-32(43)26-9-8-21(15-27(26)36)31-40-17-28(45-6)29(41-31)25-10-11-34(4,5)16-23(25)18-42-20(3)30(47-33(42)44)22-12-19(2)13-24(14-22)35(37,38)39/h8-9,12-15,17,20,30H,7,10-11,16,18H2,1-6H3/t20-,30-/m0/s1. The number of aromatic nitrogens is 2. The second kappa shape index (κ2) is 13.0. The summed E-state index contributed by atoms with van der Waals surface area (Å²) >= 11 is 0. The van der Waals surface area contributed by atoms with Crippen molar-refractivity contribution in [2.75, 3.05) is 20.3 Å². The molecule has 1 saturated heterocycles. The van der Waals surface area contributed by atoms with E-state index in [-0.39, 0.29) is 35.5 Å². The Morgan fingerprint density at radius 1 is 1.17 bits per heavy atom. The number of hydrogen-bond donors (Lipinski definition) is 0. The Morgan fingerprint density at radius 2 is 1.91 bits per heavy atom. The summed E-state index contributed by atoms with van der Waals surface area (Å²) in [6.07, 6.45) is -2.54. The molecule has 1 fully saturated rings. The molecule has 8 nitrogen and oxygen atoms in total. The number of carbonyl (C=O) groups excluding carboxylic acids is 2. The Balaban J connectivity index is 1.52. The first kappa shape index (κ1) is 33.9. The fourth-order valence-corrected chi connectivity index (χ4v) is 6.26. The first-order chi connectivity index (χ1) is 22.1. The Kier molecular flexibility index (Phi) is 9.34. The van der Waals surface area contributed by atoms with Gasteiger partial charge in [-0.3, -0.25) is 4.90 Å². The third-order valence-corrected chi connectivity index (χ3v) is 8.66. The van der Waals surface area contributed by atoms with Crippen molar-refractivity contribution in [3.8, 4) is 17.1 Å². The van der Waals surface area contributed by atoms with E-state index in [4.69, 9.17) is 19.2 Å². The number of cyclic esters (lactones) is 1. The smallest absolute Gasteiger partial charge is 0.416 e. The van der Waals surface area contributed by atoms with Gasteiger partial charge in [-0.05, 0) is 86.4 Å². The van der Waals surface area contributed by atoms with Crippen molar-refractivity contribution in [3.63, 3.8) is 0 Å². The van der Waals surface area contributed by atoms with Gasteiger partial charge in [0.1, 0.15) is 17.6 Å². The number of nitrogens with zero attached hydrogens (tertiary/aromatic N) is 3. The van der Waals surface area contributed by atoms with Crippen LogP contribution in [-0.4, -0.2) is 53.2 Å². The van der Waals surface area contributed by atoms with Gasteiger partial charge < -0.3 is 14.2 Å². The van der Waals surface area contributed by atoms with Crippen LogP contribution >= 0.6 is 0 Å². The monoisotopic (exact) mass is 655 g/mol. The number of rotatable bonds is 8. The summed E-state index contributed by atoms with van der Waals surface area (Å²) in [5, 5.41) is 0. The Labute approximate surface area is 270 Å². The van der Waals surface area contributed by atoms with Crippen molar-refractivity contribution >= 4 is 17.6 Å². The first-order valence-corrected chi connectivity index (χ1v) is 15.4. The number of ether oxygens (including phenoxy) is 3. The fraction of sp³-hybridized carbons (Fsp3) is 0.429. The SMILES string of the molecule is CCOC(=O)c1ccc(-c2ncc(OC)c(C3=C(CN4C(=O)O[C@H](c5cc(C)cc(C(F)(F)F)c5)[C@@H]4C)CC(C)(C)CC3)n2)cc1F. The quantitative estimate of drug-likeness (QED) is 0.178. The number of halogens is 4. The molecule has 0 saturated carbocycles. The number of methoxy groups -OCH3 is 1. The molecule has 2 atom stereocenters. The summed E-state index contributed by atoms with van der Waals surface area (Å²) in [4.78, 5) is 36.1. The second-order valence-corrected chi connectivity index (χ2v) is 12.8. The normalized spacial score (nSPS) is 19.5. The van der Waals surface area contributed by atoms with Gasteiger partial charge in [-0.15, -0.1) is 0 Å². The summed E-state index contributed by atoms with van der Waals surface area (Å²) in [7, 11) is 1.49. The molecule has 1 aromatic heterocycles. The fourth-order valence-electron chi connectivity index (χ4n) is 6.26. The highest BCUT2D eigenvalue weighted by molar-refractivity contribution is 5.90. The van der Waals surface area contributed by atoms with Gasteiger partial charge in [0, 0.05) is 12.1 Å². The van der Waals surface area contributed by atoms with Crippen molar-refractivity contribution < 1.29 is 41.4 Å².